The number of likely N-dealkylation sites (N-methyl/N-ethyl adjacent to an activating group) is 1. The molecule has 0 N–H and O–H groups in total. The Labute approximate surface area is 220 Å². The second-order valence-electron chi connectivity index (χ2n) is 11.5. The van der Waals surface area contributed by atoms with Crippen LogP contribution in [0.1, 0.15) is 48.1 Å². The van der Waals surface area contributed by atoms with Crippen molar-refractivity contribution in [2.75, 3.05) is 51.3 Å². The summed E-state index contributed by atoms with van der Waals surface area (Å²) in [5.41, 5.74) is 5.76. The molecule has 4 aliphatic rings. The first kappa shape index (κ1) is 24.4. The largest absolute Gasteiger partial charge is 0.462 e. The van der Waals surface area contributed by atoms with Crippen LogP contribution in [0.5, 0.6) is 6.01 Å². The Hall–Kier alpha value is -2.93. The van der Waals surface area contributed by atoms with Crippen LogP contribution in [0.4, 0.5) is 5.82 Å². The van der Waals surface area contributed by atoms with Crippen LogP contribution in [0, 0.1) is 5.41 Å². The van der Waals surface area contributed by atoms with E-state index in [9.17, 15) is 4.79 Å². The van der Waals surface area contributed by atoms with Crippen molar-refractivity contribution in [2.45, 2.75) is 57.4 Å². The Morgan fingerprint density at radius 1 is 1.08 bits per heavy atom. The van der Waals surface area contributed by atoms with E-state index in [1.54, 1.807) is 0 Å². The van der Waals surface area contributed by atoms with Gasteiger partial charge in [0.2, 0.25) is 5.91 Å². The van der Waals surface area contributed by atoms with Gasteiger partial charge in [0.15, 0.2) is 0 Å². The maximum absolute atomic E-state index is 12.1. The van der Waals surface area contributed by atoms with Crippen LogP contribution in [0.15, 0.2) is 36.9 Å². The Kier molecular flexibility index (Phi) is 6.65. The first-order valence-corrected chi connectivity index (χ1v) is 14.0. The van der Waals surface area contributed by atoms with E-state index in [0.717, 1.165) is 57.6 Å². The highest BCUT2D eigenvalue weighted by atomic mass is 16.5. The smallest absolute Gasteiger partial charge is 0.318 e. The van der Waals surface area contributed by atoms with Crippen LogP contribution in [0.2, 0.25) is 0 Å². The molecular formula is C30H39N5O2. The summed E-state index contributed by atoms with van der Waals surface area (Å²) in [5, 5.41) is 0. The van der Waals surface area contributed by atoms with E-state index >= 15 is 0 Å². The Morgan fingerprint density at radius 3 is 2.62 bits per heavy atom. The first-order chi connectivity index (χ1) is 18.0. The number of fused-ring (bicyclic) bond motifs is 2. The summed E-state index contributed by atoms with van der Waals surface area (Å²) in [6.07, 6.45) is 10.5. The van der Waals surface area contributed by atoms with Crippen molar-refractivity contribution in [3.8, 4) is 6.01 Å². The Bertz CT molecular complexity index is 1170. The van der Waals surface area contributed by atoms with E-state index in [4.69, 9.17) is 14.7 Å². The van der Waals surface area contributed by atoms with Gasteiger partial charge in [-0.3, -0.25) is 4.79 Å². The van der Waals surface area contributed by atoms with Gasteiger partial charge in [-0.1, -0.05) is 30.8 Å². The molecule has 7 heteroatoms. The fourth-order valence-electron chi connectivity index (χ4n) is 6.92. The normalized spacial score (nSPS) is 25.6. The van der Waals surface area contributed by atoms with Gasteiger partial charge in [0.1, 0.15) is 12.4 Å². The Balaban J connectivity index is 1.27. The van der Waals surface area contributed by atoms with Crippen LogP contribution in [0.3, 0.4) is 0 Å². The molecule has 2 atom stereocenters. The minimum absolute atomic E-state index is 0.00796. The zero-order valence-electron chi connectivity index (χ0n) is 22.1. The van der Waals surface area contributed by atoms with Crippen molar-refractivity contribution < 1.29 is 9.53 Å². The summed E-state index contributed by atoms with van der Waals surface area (Å²) in [6.45, 7) is 8.33. The zero-order valence-corrected chi connectivity index (χ0v) is 22.1. The predicted molar refractivity (Wildman–Crippen MR) is 145 cm³/mol. The molecule has 2 aliphatic carbocycles. The van der Waals surface area contributed by atoms with Crippen molar-refractivity contribution in [2.24, 2.45) is 5.41 Å². The molecule has 1 aromatic heterocycles. The molecule has 1 spiro atoms. The van der Waals surface area contributed by atoms with Gasteiger partial charge in [-0.15, -0.1) is 0 Å². The fraction of sp³-hybridized carbons (Fsp3) is 0.567. The first-order valence-electron chi connectivity index (χ1n) is 14.0. The summed E-state index contributed by atoms with van der Waals surface area (Å²) < 4.78 is 6.30. The number of carbonyl (C=O) groups excluding carboxylic acids is 1. The number of carbonyl (C=O) groups is 1. The van der Waals surface area contributed by atoms with E-state index in [2.05, 4.69) is 47.7 Å². The monoisotopic (exact) mass is 501 g/mol. The standard InChI is InChI=1S/C30H39N5O2/c1-3-27(36)34-15-17-35(18-16-34)28-25-11-13-30(12-10-22-7-4-5-8-23(22)19-30)20-26(25)31-29(32-28)37-21-24-9-6-14-33(24)2/h3-5,7-8,24H,1,6,9-21H2,2H3/t24-,30+/m0/s1. The van der Waals surface area contributed by atoms with E-state index in [1.165, 1.54) is 47.7 Å². The van der Waals surface area contributed by atoms with Gasteiger partial charge >= 0.3 is 6.01 Å². The third kappa shape index (κ3) is 4.86. The lowest BCUT2D eigenvalue weighted by molar-refractivity contribution is -0.126. The number of aryl methyl sites for hydroxylation is 1. The quantitative estimate of drug-likeness (QED) is 0.585. The van der Waals surface area contributed by atoms with Crippen molar-refractivity contribution in [1.82, 2.24) is 19.8 Å². The average Bonchev–Trinajstić information content (AvgIpc) is 3.35. The lowest BCUT2D eigenvalue weighted by Crippen LogP contribution is -2.49. The summed E-state index contributed by atoms with van der Waals surface area (Å²) in [5.74, 6) is 1.03. The second-order valence-corrected chi connectivity index (χ2v) is 11.5. The lowest BCUT2D eigenvalue weighted by Gasteiger charge is -2.43. The number of likely N-dealkylation sites (tertiary alicyclic amines) is 1. The van der Waals surface area contributed by atoms with Gasteiger partial charge < -0.3 is 19.4 Å². The molecule has 2 aromatic rings. The maximum atomic E-state index is 12.1. The van der Waals surface area contributed by atoms with Crippen molar-refractivity contribution in [1.29, 1.82) is 0 Å². The molecule has 6 rings (SSSR count). The number of nitrogens with zero attached hydrogens (tertiary/aromatic N) is 5. The molecule has 2 saturated heterocycles. The summed E-state index contributed by atoms with van der Waals surface area (Å²) >= 11 is 0. The molecule has 0 bridgehead atoms. The fourth-order valence-corrected chi connectivity index (χ4v) is 6.92. The number of benzene rings is 1. The van der Waals surface area contributed by atoms with Crippen LogP contribution in [-0.4, -0.2) is 78.1 Å². The number of amides is 1. The number of hydrogen-bond donors (Lipinski definition) is 0. The Morgan fingerprint density at radius 2 is 1.86 bits per heavy atom. The molecule has 0 unspecified atom stereocenters. The molecule has 196 valence electrons. The minimum Gasteiger partial charge on any atom is -0.462 e. The lowest BCUT2D eigenvalue weighted by atomic mass is 9.63. The van der Waals surface area contributed by atoms with Crippen LogP contribution < -0.4 is 9.64 Å². The molecule has 7 nitrogen and oxygen atoms in total. The van der Waals surface area contributed by atoms with Gasteiger partial charge in [0, 0.05) is 37.8 Å². The summed E-state index contributed by atoms with van der Waals surface area (Å²) in [7, 11) is 2.18. The highest BCUT2D eigenvalue weighted by molar-refractivity contribution is 5.87. The third-order valence-electron chi connectivity index (χ3n) is 9.25. The van der Waals surface area contributed by atoms with Crippen LogP contribution in [0.25, 0.3) is 0 Å². The molecule has 3 heterocycles. The highest BCUT2D eigenvalue weighted by Crippen LogP contribution is 2.46. The molecule has 0 radical (unpaired) electrons. The highest BCUT2D eigenvalue weighted by Gasteiger charge is 2.40. The molecule has 0 saturated carbocycles. The maximum Gasteiger partial charge on any atom is 0.318 e. The van der Waals surface area contributed by atoms with Crippen LogP contribution >= 0.6 is 0 Å². The van der Waals surface area contributed by atoms with Gasteiger partial charge in [0.05, 0.1) is 5.69 Å². The minimum atomic E-state index is 0.00796. The number of rotatable bonds is 5. The number of ether oxygens (including phenoxy) is 1. The number of hydrogen-bond acceptors (Lipinski definition) is 6. The van der Waals surface area contributed by atoms with E-state index in [1.807, 2.05) is 4.90 Å². The topological polar surface area (TPSA) is 61.8 Å². The van der Waals surface area contributed by atoms with E-state index in [0.29, 0.717) is 31.7 Å². The van der Waals surface area contributed by atoms with Crippen molar-refractivity contribution in [3.05, 3.63) is 59.3 Å². The molecule has 2 fully saturated rings. The van der Waals surface area contributed by atoms with Crippen molar-refractivity contribution >= 4 is 11.7 Å². The SMILES string of the molecule is C=CC(=O)N1CCN(c2nc(OC[C@@H]3CCCN3C)nc3c2CC[C@@]2(CCc4ccccc4C2)C3)CC1. The third-order valence-corrected chi connectivity index (χ3v) is 9.25. The van der Waals surface area contributed by atoms with Gasteiger partial charge in [-0.05, 0) is 87.6 Å². The van der Waals surface area contributed by atoms with Crippen molar-refractivity contribution in [3.63, 3.8) is 0 Å². The number of anilines is 1. The molecule has 37 heavy (non-hydrogen) atoms. The summed E-state index contributed by atoms with van der Waals surface area (Å²) in [6, 6.07) is 9.90. The molecule has 2 aliphatic heterocycles. The average molecular weight is 502 g/mol. The van der Waals surface area contributed by atoms with E-state index < -0.39 is 0 Å². The number of aromatic nitrogens is 2. The predicted octanol–water partition coefficient (Wildman–Crippen LogP) is 3.45. The zero-order chi connectivity index (χ0) is 25.4. The van der Waals surface area contributed by atoms with Gasteiger partial charge in [-0.25, -0.2) is 0 Å². The summed E-state index contributed by atoms with van der Waals surface area (Å²) in [4.78, 5) is 28.8. The molecular weight excluding hydrogens is 462 g/mol. The number of piperazine rings is 1. The van der Waals surface area contributed by atoms with E-state index in [-0.39, 0.29) is 11.3 Å². The van der Waals surface area contributed by atoms with Gasteiger partial charge in [-0.2, -0.15) is 9.97 Å². The van der Waals surface area contributed by atoms with Gasteiger partial charge in [0.25, 0.3) is 0 Å². The molecule has 1 amide bonds. The second kappa shape index (κ2) is 10.1. The van der Waals surface area contributed by atoms with Crippen LogP contribution in [-0.2, 0) is 30.5 Å². The molecule has 1 aromatic carbocycles.